The summed E-state index contributed by atoms with van der Waals surface area (Å²) in [5.74, 6) is 1.40. The molecule has 2 aliphatic carbocycles. The van der Waals surface area contributed by atoms with Crippen molar-refractivity contribution in [3.05, 3.63) is 23.8 Å². The minimum atomic E-state index is 0.230. The largest absolute Gasteiger partial charge is 0.381 e. The Hall–Kier alpha value is -1.33. The Morgan fingerprint density at radius 1 is 1.04 bits per heavy atom. The van der Waals surface area contributed by atoms with E-state index in [0.29, 0.717) is 18.0 Å². The van der Waals surface area contributed by atoms with E-state index >= 15 is 0 Å². The van der Waals surface area contributed by atoms with Gasteiger partial charge >= 0.3 is 0 Å². The van der Waals surface area contributed by atoms with Crippen molar-refractivity contribution >= 4 is 28.7 Å². The van der Waals surface area contributed by atoms with Crippen molar-refractivity contribution in [1.82, 2.24) is 5.32 Å². The van der Waals surface area contributed by atoms with E-state index < -0.39 is 0 Å². The van der Waals surface area contributed by atoms with Crippen molar-refractivity contribution < 1.29 is 4.74 Å². The molecule has 3 N–H and O–H groups in total. The van der Waals surface area contributed by atoms with Gasteiger partial charge in [0.05, 0.1) is 6.10 Å². The van der Waals surface area contributed by atoms with Crippen molar-refractivity contribution in [1.29, 1.82) is 0 Å². The lowest BCUT2D eigenvalue weighted by molar-refractivity contribution is -0.0457. The highest BCUT2D eigenvalue weighted by atomic mass is 32.1. The molecule has 0 radical (unpaired) electrons. The number of hydrogen-bond donors (Lipinski definition) is 3. The molecule has 1 saturated heterocycles. The molecule has 1 aromatic rings. The average Bonchev–Trinajstić information content (AvgIpc) is 3.52. The lowest BCUT2D eigenvalue weighted by Crippen LogP contribution is -2.46. The number of thiocarbonyl (C=S) groups is 1. The second kappa shape index (κ2) is 7.59. The van der Waals surface area contributed by atoms with Gasteiger partial charge in [-0.2, -0.15) is 0 Å². The summed E-state index contributed by atoms with van der Waals surface area (Å²) in [4.78, 5) is 0. The zero-order valence-corrected chi connectivity index (χ0v) is 16.8. The first-order valence-corrected chi connectivity index (χ1v) is 11.3. The third-order valence-corrected chi connectivity index (χ3v) is 7.06. The highest BCUT2D eigenvalue weighted by Crippen LogP contribution is 2.48. The van der Waals surface area contributed by atoms with E-state index in [0.717, 1.165) is 23.3 Å². The molecule has 0 aromatic heterocycles. The van der Waals surface area contributed by atoms with Crippen molar-refractivity contribution in [3.8, 4) is 0 Å². The first-order chi connectivity index (χ1) is 13.3. The lowest BCUT2D eigenvalue weighted by Gasteiger charge is -2.47. The Balaban J connectivity index is 1.38. The molecule has 5 rings (SSSR count). The standard InChI is InChI=1S/C22H31N3OS/c27-22(23-15-8-9-15)24-16-10-11-19-18(13-16)21-17(7-4-12-26-21)20(25-19)14-5-2-1-3-6-14/h10-11,13-15,17,20-21,25H,1-9,12H2,(H2,23,24,27)/t17-,20?,21-/m0/s1. The SMILES string of the molecule is S=C(Nc1ccc2c(c1)[C@H]1OCCC[C@H]1C(C1CCCCC1)N2)NC1CC1. The summed E-state index contributed by atoms with van der Waals surface area (Å²) in [6.45, 7) is 0.886. The molecule has 2 saturated carbocycles. The Kier molecular flexibility index (Phi) is 4.99. The Morgan fingerprint density at radius 3 is 2.70 bits per heavy atom. The zero-order chi connectivity index (χ0) is 18.2. The quantitative estimate of drug-likeness (QED) is 0.641. The maximum Gasteiger partial charge on any atom is 0.170 e. The third kappa shape index (κ3) is 3.81. The van der Waals surface area contributed by atoms with Crippen LogP contribution in [0.4, 0.5) is 11.4 Å². The average molecular weight is 386 g/mol. The zero-order valence-electron chi connectivity index (χ0n) is 16.0. The van der Waals surface area contributed by atoms with Crippen LogP contribution in [0.2, 0.25) is 0 Å². The number of anilines is 2. The van der Waals surface area contributed by atoms with Crippen molar-refractivity contribution in [2.75, 3.05) is 17.2 Å². The van der Waals surface area contributed by atoms with Gasteiger partial charge in [0.1, 0.15) is 0 Å². The molecule has 1 unspecified atom stereocenters. The van der Waals surface area contributed by atoms with Crippen LogP contribution in [0.5, 0.6) is 0 Å². The summed E-state index contributed by atoms with van der Waals surface area (Å²) in [7, 11) is 0. The van der Waals surface area contributed by atoms with Crippen molar-refractivity contribution in [2.24, 2.45) is 11.8 Å². The fraction of sp³-hybridized carbons (Fsp3) is 0.682. The summed E-state index contributed by atoms with van der Waals surface area (Å²) >= 11 is 5.46. The molecule has 4 aliphatic rings. The van der Waals surface area contributed by atoms with Gasteiger partial charge in [0.15, 0.2) is 5.11 Å². The van der Waals surface area contributed by atoms with E-state index in [1.54, 1.807) is 0 Å². The molecule has 0 amide bonds. The topological polar surface area (TPSA) is 45.3 Å². The predicted molar refractivity (Wildman–Crippen MR) is 114 cm³/mol. The van der Waals surface area contributed by atoms with Gasteiger partial charge in [0.25, 0.3) is 0 Å². The number of ether oxygens (including phenoxy) is 1. The molecular formula is C22H31N3OS. The summed E-state index contributed by atoms with van der Waals surface area (Å²) in [5.41, 5.74) is 3.64. The number of rotatable bonds is 3. The summed E-state index contributed by atoms with van der Waals surface area (Å²) < 4.78 is 6.35. The number of fused-ring (bicyclic) bond motifs is 3. The third-order valence-electron chi connectivity index (χ3n) is 6.84. The second-order valence-corrected chi connectivity index (χ2v) is 9.25. The van der Waals surface area contributed by atoms with E-state index in [-0.39, 0.29) is 6.10 Å². The Morgan fingerprint density at radius 2 is 1.89 bits per heavy atom. The second-order valence-electron chi connectivity index (χ2n) is 8.84. The molecule has 5 heteroatoms. The monoisotopic (exact) mass is 385 g/mol. The van der Waals surface area contributed by atoms with Crippen LogP contribution in [-0.4, -0.2) is 23.8 Å². The first-order valence-electron chi connectivity index (χ1n) is 10.9. The normalized spacial score (nSPS) is 30.6. The molecule has 1 aromatic carbocycles. The van der Waals surface area contributed by atoms with Crippen molar-refractivity contribution in [3.63, 3.8) is 0 Å². The highest BCUT2D eigenvalue weighted by Gasteiger charge is 2.42. The summed E-state index contributed by atoms with van der Waals surface area (Å²) in [5, 5.41) is 11.4. The molecule has 27 heavy (non-hydrogen) atoms. The van der Waals surface area contributed by atoms with Crippen LogP contribution >= 0.6 is 12.2 Å². The van der Waals surface area contributed by atoms with E-state index in [1.807, 2.05) is 0 Å². The van der Waals surface area contributed by atoms with E-state index in [4.69, 9.17) is 17.0 Å². The molecule has 2 heterocycles. The van der Waals surface area contributed by atoms with Gasteiger partial charge in [-0.1, -0.05) is 19.3 Å². The van der Waals surface area contributed by atoms with Gasteiger partial charge in [0.2, 0.25) is 0 Å². The van der Waals surface area contributed by atoms with Crippen LogP contribution in [-0.2, 0) is 4.74 Å². The Bertz CT molecular complexity index is 699. The van der Waals surface area contributed by atoms with Crippen LogP contribution in [0.25, 0.3) is 0 Å². The highest BCUT2D eigenvalue weighted by molar-refractivity contribution is 7.80. The number of nitrogens with one attached hydrogen (secondary N) is 3. The summed E-state index contributed by atoms with van der Waals surface area (Å²) in [6, 6.07) is 7.77. The fourth-order valence-corrected chi connectivity index (χ4v) is 5.61. The number of benzene rings is 1. The minimum Gasteiger partial charge on any atom is -0.381 e. The molecule has 2 aliphatic heterocycles. The van der Waals surface area contributed by atoms with Crippen LogP contribution in [0.15, 0.2) is 18.2 Å². The van der Waals surface area contributed by atoms with E-state index in [1.165, 1.54) is 69.0 Å². The lowest BCUT2D eigenvalue weighted by atomic mass is 9.71. The predicted octanol–water partition coefficient (Wildman–Crippen LogP) is 4.98. The van der Waals surface area contributed by atoms with Crippen LogP contribution in [0.1, 0.15) is 69.5 Å². The molecule has 3 atom stereocenters. The maximum atomic E-state index is 6.35. The fourth-order valence-electron chi connectivity index (χ4n) is 5.33. The Labute approximate surface area is 167 Å². The van der Waals surface area contributed by atoms with E-state index in [2.05, 4.69) is 34.1 Å². The van der Waals surface area contributed by atoms with Gasteiger partial charge in [-0.25, -0.2) is 0 Å². The molecule has 0 bridgehead atoms. The number of hydrogen-bond acceptors (Lipinski definition) is 3. The molecular weight excluding hydrogens is 354 g/mol. The molecule has 0 spiro atoms. The van der Waals surface area contributed by atoms with Gasteiger partial charge in [-0.15, -0.1) is 0 Å². The summed E-state index contributed by atoms with van der Waals surface area (Å²) in [6.07, 6.45) is 12.1. The smallest absolute Gasteiger partial charge is 0.170 e. The van der Waals surface area contributed by atoms with Crippen molar-refractivity contribution in [2.45, 2.75) is 76.0 Å². The maximum absolute atomic E-state index is 6.35. The van der Waals surface area contributed by atoms with Crippen LogP contribution in [0.3, 0.4) is 0 Å². The first kappa shape index (κ1) is 17.7. The molecule has 3 fully saturated rings. The van der Waals surface area contributed by atoms with Gasteiger partial charge in [0, 0.05) is 41.5 Å². The van der Waals surface area contributed by atoms with Gasteiger partial charge in [-0.05, 0) is 74.9 Å². The van der Waals surface area contributed by atoms with Gasteiger partial charge < -0.3 is 20.7 Å². The van der Waals surface area contributed by atoms with E-state index in [9.17, 15) is 0 Å². The van der Waals surface area contributed by atoms with Gasteiger partial charge in [-0.3, -0.25) is 0 Å². The minimum absolute atomic E-state index is 0.230. The molecule has 4 nitrogen and oxygen atoms in total. The molecule has 146 valence electrons. The van der Waals surface area contributed by atoms with Crippen LogP contribution < -0.4 is 16.0 Å². The van der Waals surface area contributed by atoms with Crippen LogP contribution in [0, 0.1) is 11.8 Å².